The molecule has 9 nitrogen and oxygen atoms in total. The molecule has 0 radical (unpaired) electrons. The Labute approximate surface area is 178 Å². The highest BCUT2D eigenvalue weighted by atomic mass is 16.5. The molecule has 0 bridgehead atoms. The number of rotatable bonds is 5. The van der Waals surface area contributed by atoms with Crippen LogP contribution in [-0.2, 0) is 11.3 Å². The molecule has 2 aromatic carbocycles. The Hall–Kier alpha value is -3.69. The molecule has 2 heterocycles. The van der Waals surface area contributed by atoms with E-state index in [0.717, 1.165) is 5.56 Å². The zero-order valence-corrected chi connectivity index (χ0v) is 16.7. The summed E-state index contributed by atoms with van der Waals surface area (Å²) in [7, 11) is 0. The first-order chi connectivity index (χ1) is 15.0. The minimum absolute atomic E-state index is 0.114. The summed E-state index contributed by atoms with van der Waals surface area (Å²) < 4.78 is 6.96. The van der Waals surface area contributed by atoms with E-state index in [2.05, 4.69) is 4.98 Å². The fourth-order valence-corrected chi connectivity index (χ4v) is 3.45. The molecular formula is C22H22N4O5. The van der Waals surface area contributed by atoms with E-state index in [9.17, 15) is 14.7 Å². The molecular weight excluding hydrogens is 400 g/mol. The van der Waals surface area contributed by atoms with Gasteiger partial charge >= 0.3 is 0 Å². The summed E-state index contributed by atoms with van der Waals surface area (Å²) in [6.07, 6.45) is 1.66. The molecule has 160 valence electrons. The van der Waals surface area contributed by atoms with Crippen LogP contribution in [0.25, 0.3) is 11.3 Å². The lowest BCUT2D eigenvalue weighted by atomic mass is 10.1. The number of anilines is 1. The Kier molecular flexibility index (Phi) is 5.96. The van der Waals surface area contributed by atoms with Crippen molar-refractivity contribution in [1.82, 2.24) is 15.0 Å². The van der Waals surface area contributed by atoms with Crippen molar-refractivity contribution in [3.8, 4) is 17.0 Å². The van der Waals surface area contributed by atoms with Crippen LogP contribution in [0, 0.1) is 0 Å². The first-order valence-corrected chi connectivity index (χ1v) is 9.82. The molecule has 1 fully saturated rings. The second-order valence-electron chi connectivity index (χ2n) is 7.17. The maximum atomic E-state index is 13.2. The summed E-state index contributed by atoms with van der Waals surface area (Å²) in [6.45, 7) is 2.44. The van der Waals surface area contributed by atoms with Gasteiger partial charge in [-0.2, -0.15) is 0 Å². The number of carbonyl (C=O) groups excluding carboxylic acids is 1. The van der Waals surface area contributed by atoms with Crippen LogP contribution >= 0.6 is 0 Å². The van der Waals surface area contributed by atoms with Gasteiger partial charge in [0.05, 0.1) is 25.5 Å². The molecule has 0 atom stereocenters. The second kappa shape index (κ2) is 8.99. The van der Waals surface area contributed by atoms with Gasteiger partial charge in [-0.25, -0.2) is 10.5 Å². The third-order valence-electron chi connectivity index (χ3n) is 5.08. The molecule has 1 saturated heterocycles. The first kappa shape index (κ1) is 20.6. The number of ether oxygens (including phenoxy) is 1. The van der Waals surface area contributed by atoms with Crippen molar-refractivity contribution < 1.29 is 19.8 Å². The van der Waals surface area contributed by atoms with E-state index in [1.54, 1.807) is 58.7 Å². The highest BCUT2D eigenvalue weighted by Crippen LogP contribution is 2.23. The standard InChI is InChI=1S/C22H22N4O5/c27-18-3-1-2-17(12-18)19-14-26(13-15-4-6-16(7-5-15)21(28)24-30)22(29)20(23-19)25-8-10-31-11-9-25/h1-7,12,14,27,30H,8-11,13H2,(H,24,28). The molecule has 0 spiro atoms. The molecule has 1 amide bonds. The van der Waals surface area contributed by atoms with Crippen LogP contribution < -0.4 is 15.9 Å². The topological polar surface area (TPSA) is 117 Å². The second-order valence-corrected chi connectivity index (χ2v) is 7.17. The highest BCUT2D eigenvalue weighted by molar-refractivity contribution is 5.93. The fourth-order valence-electron chi connectivity index (χ4n) is 3.45. The molecule has 4 rings (SSSR count). The number of nitrogens with zero attached hydrogens (tertiary/aromatic N) is 3. The number of hydrogen-bond donors (Lipinski definition) is 3. The van der Waals surface area contributed by atoms with E-state index >= 15 is 0 Å². The average molecular weight is 422 g/mol. The van der Waals surface area contributed by atoms with Gasteiger partial charge in [-0.05, 0) is 29.8 Å². The number of aromatic hydroxyl groups is 1. The van der Waals surface area contributed by atoms with Crippen LogP contribution in [0.5, 0.6) is 5.75 Å². The number of morpholine rings is 1. The molecule has 9 heteroatoms. The molecule has 1 aliphatic rings. The minimum atomic E-state index is -0.603. The van der Waals surface area contributed by atoms with Crippen LogP contribution in [0.1, 0.15) is 15.9 Å². The van der Waals surface area contributed by atoms with Gasteiger partial charge in [0.1, 0.15) is 5.75 Å². The summed E-state index contributed by atoms with van der Waals surface area (Å²) in [5, 5.41) is 18.6. The van der Waals surface area contributed by atoms with Crippen molar-refractivity contribution in [3.05, 3.63) is 76.2 Å². The Morgan fingerprint density at radius 1 is 1.13 bits per heavy atom. The van der Waals surface area contributed by atoms with Gasteiger partial charge < -0.3 is 19.3 Å². The van der Waals surface area contributed by atoms with Gasteiger partial charge in [0.2, 0.25) is 0 Å². The summed E-state index contributed by atoms with van der Waals surface area (Å²) >= 11 is 0. The predicted molar refractivity (Wildman–Crippen MR) is 113 cm³/mol. The van der Waals surface area contributed by atoms with Crippen molar-refractivity contribution in [2.75, 3.05) is 31.2 Å². The maximum Gasteiger partial charge on any atom is 0.293 e. The zero-order valence-electron chi connectivity index (χ0n) is 16.7. The number of phenols is 1. The number of aromatic nitrogens is 2. The molecule has 31 heavy (non-hydrogen) atoms. The monoisotopic (exact) mass is 422 g/mol. The molecule has 3 N–H and O–H groups in total. The Bertz CT molecular complexity index is 1140. The summed E-state index contributed by atoms with van der Waals surface area (Å²) in [5.74, 6) is -0.156. The van der Waals surface area contributed by atoms with Crippen LogP contribution in [0.15, 0.2) is 59.5 Å². The quantitative estimate of drug-likeness (QED) is 0.423. The van der Waals surface area contributed by atoms with Crippen LogP contribution in [0.2, 0.25) is 0 Å². The third-order valence-corrected chi connectivity index (χ3v) is 5.08. The van der Waals surface area contributed by atoms with E-state index in [4.69, 9.17) is 9.94 Å². The lowest BCUT2D eigenvalue weighted by Crippen LogP contribution is -2.41. The van der Waals surface area contributed by atoms with E-state index in [1.165, 1.54) is 0 Å². The van der Waals surface area contributed by atoms with E-state index in [0.29, 0.717) is 48.9 Å². The fraction of sp³-hybridized carbons (Fsp3) is 0.227. The highest BCUT2D eigenvalue weighted by Gasteiger charge is 2.19. The number of nitrogens with one attached hydrogen (secondary N) is 1. The minimum Gasteiger partial charge on any atom is -0.508 e. The van der Waals surface area contributed by atoms with Crippen molar-refractivity contribution in [2.24, 2.45) is 0 Å². The average Bonchev–Trinajstić information content (AvgIpc) is 2.81. The Balaban J connectivity index is 1.74. The van der Waals surface area contributed by atoms with Crippen LogP contribution in [0.4, 0.5) is 5.82 Å². The molecule has 0 saturated carbocycles. The Morgan fingerprint density at radius 2 is 1.87 bits per heavy atom. The largest absolute Gasteiger partial charge is 0.508 e. The summed E-state index contributed by atoms with van der Waals surface area (Å²) in [6, 6.07) is 13.3. The lowest BCUT2D eigenvalue weighted by Gasteiger charge is -2.28. The molecule has 0 aliphatic carbocycles. The SMILES string of the molecule is O=C(NO)c1ccc(Cn2cc(-c3cccc(O)c3)nc(N3CCOCC3)c2=O)cc1. The smallest absolute Gasteiger partial charge is 0.293 e. The van der Waals surface area contributed by atoms with Gasteiger partial charge in [0.15, 0.2) is 5.82 Å². The van der Waals surface area contributed by atoms with Crippen molar-refractivity contribution in [2.45, 2.75) is 6.54 Å². The van der Waals surface area contributed by atoms with E-state index in [1.807, 2.05) is 11.0 Å². The third kappa shape index (κ3) is 4.57. The van der Waals surface area contributed by atoms with Gasteiger partial charge in [0, 0.05) is 30.4 Å². The van der Waals surface area contributed by atoms with Crippen molar-refractivity contribution in [1.29, 1.82) is 0 Å². The normalized spacial score (nSPS) is 13.8. The van der Waals surface area contributed by atoms with Gasteiger partial charge in [-0.1, -0.05) is 24.3 Å². The molecule has 3 aromatic rings. The van der Waals surface area contributed by atoms with E-state index in [-0.39, 0.29) is 17.9 Å². The van der Waals surface area contributed by atoms with E-state index < -0.39 is 5.91 Å². The number of hydrogen-bond acceptors (Lipinski definition) is 7. The number of amides is 1. The zero-order chi connectivity index (χ0) is 21.8. The lowest BCUT2D eigenvalue weighted by molar-refractivity contribution is 0.0706. The molecule has 1 aromatic heterocycles. The van der Waals surface area contributed by atoms with Crippen LogP contribution in [-0.4, -0.2) is 52.1 Å². The van der Waals surface area contributed by atoms with Gasteiger partial charge in [-0.3, -0.25) is 14.8 Å². The summed E-state index contributed by atoms with van der Waals surface area (Å²) in [4.78, 5) is 31.3. The molecule has 0 unspecified atom stereocenters. The number of carbonyl (C=O) groups is 1. The van der Waals surface area contributed by atoms with Gasteiger partial charge in [0.25, 0.3) is 11.5 Å². The molecule has 1 aliphatic heterocycles. The Morgan fingerprint density at radius 3 is 2.55 bits per heavy atom. The van der Waals surface area contributed by atoms with Gasteiger partial charge in [-0.15, -0.1) is 0 Å². The maximum absolute atomic E-state index is 13.2. The number of phenolic OH excluding ortho intramolecular Hbond substituents is 1. The predicted octanol–water partition coefficient (Wildman–Crippen LogP) is 1.62. The van der Waals surface area contributed by atoms with Crippen molar-refractivity contribution in [3.63, 3.8) is 0 Å². The van der Waals surface area contributed by atoms with Crippen molar-refractivity contribution >= 4 is 11.7 Å². The number of benzene rings is 2. The van der Waals surface area contributed by atoms with Crippen LogP contribution in [0.3, 0.4) is 0 Å². The summed E-state index contributed by atoms with van der Waals surface area (Å²) in [5.41, 5.74) is 3.73. The number of hydroxylamine groups is 1. The first-order valence-electron chi connectivity index (χ1n) is 9.82.